The summed E-state index contributed by atoms with van der Waals surface area (Å²) in [5.74, 6) is -0.174. The number of carbonyl (C=O) groups is 1. The van der Waals surface area contributed by atoms with Crippen LogP contribution in [0.3, 0.4) is 0 Å². The van der Waals surface area contributed by atoms with Gasteiger partial charge in [0.15, 0.2) is 0 Å². The smallest absolute Gasteiger partial charge is 0.457 e. The Bertz CT molecular complexity index is 481. The number of hydrogen-bond donors (Lipinski definition) is 1. The molecule has 0 bridgehead atoms. The standard InChI is InChI=1S/C17H30BNO5/c1-15(2)16(3,4)24-18(23-15)9-7-6-8-17-11-22-12(17)10-19-13(17)14(20)21-5/h12-13,19H,6-11H2,1-5H3/t12-,13+,17-/m0/s1. The quantitative estimate of drug-likeness (QED) is 0.452. The van der Waals surface area contributed by atoms with E-state index in [1.165, 1.54) is 7.11 Å². The van der Waals surface area contributed by atoms with Gasteiger partial charge in [0.25, 0.3) is 0 Å². The minimum Gasteiger partial charge on any atom is -0.468 e. The van der Waals surface area contributed by atoms with Gasteiger partial charge in [0.1, 0.15) is 6.04 Å². The number of fused-ring (bicyclic) bond motifs is 1. The lowest BCUT2D eigenvalue weighted by atomic mass is 9.70. The van der Waals surface area contributed by atoms with Gasteiger partial charge in [-0.15, -0.1) is 0 Å². The first-order chi connectivity index (χ1) is 11.2. The van der Waals surface area contributed by atoms with E-state index in [0.717, 1.165) is 32.1 Å². The molecular formula is C17H30BNO5. The second-order valence-electron chi connectivity index (χ2n) is 8.33. The Kier molecular flexibility index (Phi) is 4.75. The predicted molar refractivity (Wildman–Crippen MR) is 90.7 cm³/mol. The summed E-state index contributed by atoms with van der Waals surface area (Å²) < 4.78 is 22.7. The highest BCUT2D eigenvalue weighted by Crippen LogP contribution is 2.47. The van der Waals surface area contributed by atoms with Crippen molar-refractivity contribution in [2.45, 2.75) is 76.6 Å². The Morgan fingerprint density at radius 1 is 1.21 bits per heavy atom. The average Bonchev–Trinajstić information content (AvgIpc) is 2.85. The van der Waals surface area contributed by atoms with Crippen LogP contribution >= 0.6 is 0 Å². The molecule has 3 aliphatic heterocycles. The second kappa shape index (κ2) is 6.27. The Hall–Kier alpha value is -0.625. The third kappa shape index (κ3) is 2.89. The highest BCUT2D eigenvalue weighted by atomic mass is 16.7. The van der Waals surface area contributed by atoms with E-state index < -0.39 is 0 Å². The van der Waals surface area contributed by atoms with Crippen LogP contribution < -0.4 is 5.32 Å². The number of rotatable bonds is 6. The van der Waals surface area contributed by atoms with Gasteiger partial charge in [0, 0.05) is 12.0 Å². The first kappa shape index (κ1) is 18.2. The fourth-order valence-corrected chi connectivity index (χ4v) is 4.04. The van der Waals surface area contributed by atoms with Crippen LogP contribution in [-0.4, -0.2) is 56.7 Å². The zero-order valence-corrected chi connectivity index (χ0v) is 15.5. The van der Waals surface area contributed by atoms with Crippen LogP contribution in [0, 0.1) is 5.41 Å². The summed E-state index contributed by atoms with van der Waals surface area (Å²) in [5, 5.41) is 3.26. The lowest BCUT2D eigenvalue weighted by Crippen LogP contribution is -2.57. The fourth-order valence-electron chi connectivity index (χ4n) is 4.04. The van der Waals surface area contributed by atoms with E-state index in [-0.39, 0.29) is 41.9 Å². The summed E-state index contributed by atoms with van der Waals surface area (Å²) in [6.45, 7) is 9.68. The van der Waals surface area contributed by atoms with Gasteiger partial charge in [0.2, 0.25) is 0 Å². The van der Waals surface area contributed by atoms with Crippen molar-refractivity contribution in [1.82, 2.24) is 5.32 Å². The molecule has 3 aliphatic rings. The second-order valence-corrected chi connectivity index (χ2v) is 8.33. The summed E-state index contributed by atoms with van der Waals surface area (Å²) in [4.78, 5) is 12.0. The van der Waals surface area contributed by atoms with Crippen LogP contribution in [-0.2, 0) is 23.6 Å². The molecule has 3 fully saturated rings. The molecule has 0 aromatic rings. The van der Waals surface area contributed by atoms with Crippen LogP contribution in [0.1, 0.15) is 47.0 Å². The van der Waals surface area contributed by atoms with Gasteiger partial charge in [-0.05, 0) is 40.4 Å². The van der Waals surface area contributed by atoms with E-state index in [9.17, 15) is 4.79 Å². The van der Waals surface area contributed by atoms with E-state index in [4.69, 9.17) is 18.8 Å². The molecule has 0 amide bonds. The van der Waals surface area contributed by atoms with E-state index in [0.29, 0.717) is 6.61 Å². The van der Waals surface area contributed by atoms with Crippen molar-refractivity contribution in [2.75, 3.05) is 20.3 Å². The highest BCUT2D eigenvalue weighted by molar-refractivity contribution is 6.45. The number of unbranched alkanes of at least 4 members (excludes halogenated alkanes) is 1. The molecule has 0 aromatic heterocycles. The van der Waals surface area contributed by atoms with Gasteiger partial charge in [-0.2, -0.15) is 0 Å². The number of nitrogens with one attached hydrogen (secondary N) is 1. The molecule has 0 spiro atoms. The Balaban J connectivity index is 1.48. The molecule has 3 rings (SSSR count). The van der Waals surface area contributed by atoms with E-state index in [1.807, 2.05) is 0 Å². The topological polar surface area (TPSA) is 66.0 Å². The molecule has 0 aromatic carbocycles. The van der Waals surface area contributed by atoms with Crippen LogP contribution in [0.25, 0.3) is 0 Å². The van der Waals surface area contributed by atoms with Gasteiger partial charge >= 0.3 is 13.1 Å². The highest BCUT2D eigenvalue weighted by Gasteiger charge is 2.60. The van der Waals surface area contributed by atoms with Crippen molar-refractivity contribution in [3.8, 4) is 0 Å². The number of esters is 1. The monoisotopic (exact) mass is 339 g/mol. The largest absolute Gasteiger partial charge is 0.468 e. The first-order valence-corrected chi connectivity index (χ1v) is 9.00. The lowest BCUT2D eigenvalue weighted by molar-refractivity contribution is -0.185. The lowest BCUT2D eigenvalue weighted by Gasteiger charge is -2.46. The van der Waals surface area contributed by atoms with Crippen molar-refractivity contribution in [3.63, 3.8) is 0 Å². The molecule has 3 atom stereocenters. The van der Waals surface area contributed by atoms with Crippen LogP contribution in [0.15, 0.2) is 0 Å². The average molecular weight is 339 g/mol. The Morgan fingerprint density at radius 2 is 1.88 bits per heavy atom. The molecular weight excluding hydrogens is 309 g/mol. The normalized spacial score (nSPS) is 36.3. The van der Waals surface area contributed by atoms with E-state index in [1.54, 1.807) is 0 Å². The van der Waals surface area contributed by atoms with Gasteiger partial charge in [-0.25, -0.2) is 0 Å². The maximum atomic E-state index is 12.0. The number of methoxy groups -OCH3 is 1. The predicted octanol–water partition coefficient (Wildman–Crippen LogP) is 1.78. The van der Waals surface area contributed by atoms with Crippen molar-refractivity contribution >= 4 is 13.1 Å². The third-order valence-electron chi connectivity index (χ3n) is 6.35. The van der Waals surface area contributed by atoms with E-state index in [2.05, 4.69) is 33.0 Å². The zero-order chi connectivity index (χ0) is 17.6. The third-order valence-corrected chi connectivity index (χ3v) is 6.35. The SMILES string of the molecule is COC(=O)[C@H]1NC[C@@H]2OC[C@@]21CCCCB1OC(C)(C)C(C)(C)O1. The maximum absolute atomic E-state index is 12.0. The molecule has 0 radical (unpaired) electrons. The molecule has 136 valence electrons. The minimum atomic E-state index is -0.269. The van der Waals surface area contributed by atoms with Crippen molar-refractivity contribution in [2.24, 2.45) is 5.41 Å². The number of hydrogen-bond acceptors (Lipinski definition) is 6. The van der Waals surface area contributed by atoms with Crippen molar-refractivity contribution in [1.29, 1.82) is 0 Å². The first-order valence-electron chi connectivity index (χ1n) is 9.00. The van der Waals surface area contributed by atoms with Crippen LogP contribution in [0.5, 0.6) is 0 Å². The summed E-state index contributed by atoms with van der Waals surface area (Å²) in [6.07, 6.45) is 4.02. The van der Waals surface area contributed by atoms with Gasteiger partial charge in [-0.3, -0.25) is 4.79 Å². The maximum Gasteiger partial charge on any atom is 0.457 e. The summed E-state index contributed by atoms with van der Waals surface area (Å²) in [7, 11) is 1.31. The number of ether oxygens (including phenoxy) is 2. The van der Waals surface area contributed by atoms with Crippen LogP contribution in [0.4, 0.5) is 0 Å². The van der Waals surface area contributed by atoms with Gasteiger partial charge in [-0.1, -0.05) is 12.8 Å². The number of carbonyl (C=O) groups excluding carboxylic acids is 1. The molecule has 3 saturated heterocycles. The molecule has 0 unspecified atom stereocenters. The Morgan fingerprint density at radius 3 is 2.42 bits per heavy atom. The molecule has 3 heterocycles. The van der Waals surface area contributed by atoms with E-state index >= 15 is 0 Å². The molecule has 24 heavy (non-hydrogen) atoms. The molecule has 0 saturated carbocycles. The summed E-state index contributed by atoms with van der Waals surface area (Å²) >= 11 is 0. The fraction of sp³-hybridized carbons (Fsp3) is 0.941. The summed E-state index contributed by atoms with van der Waals surface area (Å²) in [5.41, 5.74) is -0.633. The van der Waals surface area contributed by atoms with Gasteiger partial charge in [0.05, 0.1) is 31.0 Å². The summed E-state index contributed by atoms with van der Waals surface area (Å²) in [6, 6.07) is -0.238. The van der Waals surface area contributed by atoms with Crippen LogP contribution in [0.2, 0.25) is 6.32 Å². The zero-order valence-electron chi connectivity index (χ0n) is 15.5. The molecule has 1 N–H and O–H groups in total. The Labute approximate surface area is 145 Å². The molecule has 7 heteroatoms. The molecule has 6 nitrogen and oxygen atoms in total. The molecule has 0 aliphatic carbocycles. The van der Waals surface area contributed by atoms with Crippen molar-refractivity contribution in [3.05, 3.63) is 0 Å². The minimum absolute atomic E-state index is 0.0942. The van der Waals surface area contributed by atoms with Gasteiger partial charge < -0.3 is 24.1 Å². The van der Waals surface area contributed by atoms with Crippen molar-refractivity contribution < 1.29 is 23.6 Å².